The molecule has 0 aliphatic heterocycles. The van der Waals surface area contributed by atoms with Crippen molar-refractivity contribution in [2.75, 3.05) is 32.5 Å². The van der Waals surface area contributed by atoms with Gasteiger partial charge < -0.3 is 15.5 Å². The van der Waals surface area contributed by atoms with Crippen LogP contribution in [0, 0.1) is 3.57 Å². The van der Waals surface area contributed by atoms with E-state index in [1.54, 1.807) is 0 Å². The third kappa shape index (κ3) is 4.80. The van der Waals surface area contributed by atoms with Crippen molar-refractivity contribution in [3.63, 3.8) is 0 Å². The normalized spacial score (nSPS) is 10.2. The molecule has 0 saturated carbocycles. The van der Waals surface area contributed by atoms with E-state index < -0.39 is 0 Å². The molecule has 1 aromatic carbocycles. The monoisotopic (exact) mass is 333 g/mol. The highest BCUT2D eigenvalue weighted by Crippen LogP contribution is 2.16. The Hall–Kier alpha value is -0.820. The molecule has 0 fully saturated rings. The second kappa shape index (κ2) is 6.70. The van der Waals surface area contributed by atoms with Gasteiger partial charge in [-0.2, -0.15) is 0 Å². The summed E-state index contributed by atoms with van der Waals surface area (Å²) in [5.74, 6) is 0. The van der Waals surface area contributed by atoms with E-state index in [0.717, 1.165) is 15.8 Å². The van der Waals surface area contributed by atoms with E-state index in [1.807, 2.05) is 43.3 Å². The maximum atomic E-state index is 11.5. The molecule has 2 N–H and O–H groups in total. The number of amides is 2. The lowest BCUT2D eigenvalue weighted by Gasteiger charge is -2.11. The first-order chi connectivity index (χ1) is 7.59. The Morgan fingerprint density at radius 2 is 2.06 bits per heavy atom. The number of carbonyl (C=O) groups excluding carboxylic acids is 1. The lowest BCUT2D eigenvalue weighted by Crippen LogP contribution is -2.34. The van der Waals surface area contributed by atoms with Crippen LogP contribution >= 0.6 is 22.6 Å². The Kier molecular flexibility index (Phi) is 5.54. The minimum Gasteiger partial charge on any atom is -0.337 e. The van der Waals surface area contributed by atoms with Gasteiger partial charge >= 0.3 is 6.03 Å². The molecule has 0 atom stereocenters. The van der Waals surface area contributed by atoms with E-state index in [4.69, 9.17) is 0 Å². The molecule has 16 heavy (non-hydrogen) atoms. The molecule has 1 aromatic rings. The zero-order chi connectivity index (χ0) is 12.0. The number of likely N-dealkylation sites (N-methyl/N-ethyl adjacent to an activating group) is 1. The van der Waals surface area contributed by atoms with Crippen LogP contribution in [0.5, 0.6) is 0 Å². The molecule has 0 heterocycles. The highest BCUT2D eigenvalue weighted by Gasteiger charge is 2.03. The number of nitrogens with one attached hydrogen (secondary N) is 2. The molecule has 1 rings (SSSR count). The average molecular weight is 333 g/mol. The number of para-hydroxylation sites is 1. The van der Waals surface area contributed by atoms with Crippen molar-refractivity contribution in [1.82, 2.24) is 10.2 Å². The van der Waals surface area contributed by atoms with E-state index in [9.17, 15) is 4.79 Å². The lowest BCUT2D eigenvalue weighted by atomic mass is 10.3. The molecule has 4 nitrogen and oxygen atoms in total. The van der Waals surface area contributed by atoms with Crippen LogP contribution in [-0.4, -0.2) is 38.1 Å². The number of anilines is 1. The zero-order valence-electron chi connectivity index (χ0n) is 9.46. The number of nitrogens with zero attached hydrogens (tertiary/aromatic N) is 1. The van der Waals surface area contributed by atoms with Crippen LogP contribution in [0.15, 0.2) is 24.3 Å². The predicted octanol–water partition coefficient (Wildman–Crippen LogP) is 1.97. The van der Waals surface area contributed by atoms with E-state index >= 15 is 0 Å². The summed E-state index contributed by atoms with van der Waals surface area (Å²) in [6, 6.07) is 7.52. The molecule has 0 saturated heterocycles. The van der Waals surface area contributed by atoms with Gasteiger partial charge in [0.1, 0.15) is 0 Å². The number of hydrogen-bond donors (Lipinski definition) is 2. The van der Waals surface area contributed by atoms with Crippen molar-refractivity contribution >= 4 is 34.3 Å². The summed E-state index contributed by atoms with van der Waals surface area (Å²) in [6.07, 6.45) is 0. The van der Waals surface area contributed by atoms with Crippen molar-refractivity contribution in [3.05, 3.63) is 27.8 Å². The SMILES string of the molecule is CN(C)CCNC(=O)Nc1ccccc1I. The van der Waals surface area contributed by atoms with Gasteiger partial charge in [0.05, 0.1) is 5.69 Å². The topological polar surface area (TPSA) is 44.4 Å². The van der Waals surface area contributed by atoms with E-state index in [0.29, 0.717) is 6.54 Å². The van der Waals surface area contributed by atoms with Crippen molar-refractivity contribution in [2.45, 2.75) is 0 Å². The van der Waals surface area contributed by atoms with Crippen molar-refractivity contribution in [3.8, 4) is 0 Å². The fourth-order valence-corrected chi connectivity index (χ4v) is 1.64. The third-order valence-corrected chi connectivity index (χ3v) is 2.91. The van der Waals surface area contributed by atoms with E-state index in [2.05, 4.69) is 33.2 Å². The average Bonchev–Trinajstić information content (AvgIpc) is 2.21. The molecule has 0 unspecified atom stereocenters. The summed E-state index contributed by atoms with van der Waals surface area (Å²) >= 11 is 2.19. The quantitative estimate of drug-likeness (QED) is 0.828. The van der Waals surface area contributed by atoms with Gasteiger partial charge in [-0.25, -0.2) is 4.79 Å². The number of carbonyl (C=O) groups is 1. The van der Waals surface area contributed by atoms with Crippen LogP contribution in [0.25, 0.3) is 0 Å². The van der Waals surface area contributed by atoms with E-state index in [-0.39, 0.29) is 6.03 Å². The minimum atomic E-state index is -0.161. The van der Waals surface area contributed by atoms with Crippen molar-refractivity contribution in [1.29, 1.82) is 0 Å². The van der Waals surface area contributed by atoms with Gasteiger partial charge in [0.15, 0.2) is 0 Å². The van der Waals surface area contributed by atoms with Crippen LogP contribution in [0.2, 0.25) is 0 Å². The van der Waals surface area contributed by atoms with Gasteiger partial charge in [0, 0.05) is 16.7 Å². The highest BCUT2D eigenvalue weighted by molar-refractivity contribution is 14.1. The van der Waals surface area contributed by atoms with Gasteiger partial charge in [0.25, 0.3) is 0 Å². The van der Waals surface area contributed by atoms with Gasteiger partial charge in [0.2, 0.25) is 0 Å². The smallest absolute Gasteiger partial charge is 0.319 e. The molecule has 0 aromatic heterocycles. The fraction of sp³-hybridized carbons (Fsp3) is 0.364. The third-order valence-electron chi connectivity index (χ3n) is 1.97. The zero-order valence-corrected chi connectivity index (χ0v) is 11.6. The second-order valence-corrected chi connectivity index (χ2v) is 4.83. The number of urea groups is 1. The van der Waals surface area contributed by atoms with Crippen LogP contribution in [0.1, 0.15) is 0 Å². The van der Waals surface area contributed by atoms with Crippen LogP contribution in [-0.2, 0) is 0 Å². The number of benzene rings is 1. The summed E-state index contributed by atoms with van der Waals surface area (Å²) < 4.78 is 1.03. The Bertz CT molecular complexity index is 355. The number of hydrogen-bond acceptors (Lipinski definition) is 2. The summed E-state index contributed by atoms with van der Waals surface area (Å²) in [5, 5.41) is 5.60. The second-order valence-electron chi connectivity index (χ2n) is 3.66. The summed E-state index contributed by atoms with van der Waals surface area (Å²) in [7, 11) is 3.94. The standard InChI is InChI=1S/C11H16IN3O/c1-15(2)8-7-13-11(16)14-10-6-4-3-5-9(10)12/h3-6H,7-8H2,1-2H3,(H2,13,14,16). The van der Waals surface area contributed by atoms with Gasteiger partial charge in [-0.3, -0.25) is 0 Å². The molecule has 0 bridgehead atoms. The summed E-state index contributed by atoms with van der Waals surface area (Å²) in [4.78, 5) is 13.5. The van der Waals surface area contributed by atoms with E-state index in [1.165, 1.54) is 0 Å². The first-order valence-corrected chi connectivity index (χ1v) is 6.11. The van der Waals surface area contributed by atoms with Crippen LogP contribution in [0.4, 0.5) is 10.5 Å². The molecule has 0 radical (unpaired) electrons. The van der Waals surface area contributed by atoms with Crippen molar-refractivity contribution < 1.29 is 4.79 Å². The largest absolute Gasteiger partial charge is 0.337 e. The molecule has 88 valence electrons. The Morgan fingerprint density at radius 1 is 1.38 bits per heavy atom. The number of rotatable bonds is 4. The van der Waals surface area contributed by atoms with Gasteiger partial charge in [-0.15, -0.1) is 0 Å². The Labute approximate surface area is 110 Å². The molecule has 0 spiro atoms. The first-order valence-electron chi connectivity index (χ1n) is 5.03. The maximum Gasteiger partial charge on any atom is 0.319 e. The highest BCUT2D eigenvalue weighted by atomic mass is 127. The van der Waals surface area contributed by atoms with Crippen LogP contribution < -0.4 is 10.6 Å². The molecule has 2 amide bonds. The first kappa shape index (κ1) is 13.2. The fourth-order valence-electron chi connectivity index (χ4n) is 1.12. The molecule has 0 aliphatic carbocycles. The summed E-state index contributed by atoms with van der Waals surface area (Å²) in [6.45, 7) is 1.47. The van der Waals surface area contributed by atoms with Crippen LogP contribution in [0.3, 0.4) is 0 Å². The summed E-state index contributed by atoms with van der Waals surface area (Å²) in [5.41, 5.74) is 0.838. The molecular formula is C11H16IN3O. The minimum absolute atomic E-state index is 0.161. The Morgan fingerprint density at radius 3 is 2.69 bits per heavy atom. The molecule has 0 aliphatic rings. The molecular weight excluding hydrogens is 317 g/mol. The predicted molar refractivity (Wildman–Crippen MR) is 74.7 cm³/mol. The van der Waals surface area contributed by atoms with Gasteiger partial charge in [-0.1, -0.05) is 12.1 Å². The number of halogens is 1. The van der Waals surface area contributed by atoms with Crippen molar-refractivity contribution in [2.24, 2.45) is 0 Å². The maximum absolute atomic E-state index is 11.5. The lowest BCUT2D eigenvalue weighted by molar-refractivity contribution is 0.250. The van der Waals surface area contributed by atoms with Gasteiger partial charge in [-0.05, 0) is 48.8 Å². The Balaban J connectivity index is 2.37. The molecule has 5 heteroatoms.